The van der Waals surface area contributed by atoms with Crippen LogP contribution in [0, 0.1) is 22.7 Å². The van der Waals surface area contributed by atoms with Crippen LogP contribution in [0.4, 0.5) is 0 Å². The predicted molar refractivity (Wildman–Crippen MR) is 45.0 cm³/mol. The topological polar surface area (TPSA) is 47.6 Å². The van der Waals surface area contributed by atoms with Crippen molar-refractivity contribution in [3.8, 4) is 12.1 Å². The van der Waals surface area contributed by atoms with Gasteiger partial charge in [-0.2, -0.15) is 10.5 Å². The fraction of sp³-hybridized carbons (Fsp3) is 0.200. The summed E-state index contributed by atoms with van der Waals surface area (Å²) in [6.45, 7) is 0. The molecule has 2 nitrogen and oxygen atoms in total. The van der Waals surface area contributed by atoms with Crippen molar-refractivity contribution < 1.29 is 0 Å². The van der Waals surface area contributed by atoms with Crippen molar-refractivity contribution in [2.75, 3.05) is 0 Å². The summed E-state index contributed by atoms with van der Waals surface area (Å²) in [7, 11) is 0. The largest absolute Gasteiger partial charge is 0.198 e. The minimum atomic E-state index is -0.281. The van der Waals surface area contributed by atoms with E-state index in [0.717, 1.165) is 5.56 Å². The lowest BCUT2D eigenvalue weighted by atomic mass is 9.98. The average molecular weight is 156 g/mol. The Morgan fingerprint density at radius 2 is 1.83 bits per heavy atom. The predicted octanol–water partition coefficient (Wildman–Crippen LogP) is 2.21. The van der Waals surface area contributed by atoms with Crippen molar-refractivity contribution in [2.45, 2.75) is 12.3 Å². The van der Waals surface area contributed by atoms with Gasteiger partial charge < -0.3 is 0 Å². The molecule has 0 amide bonds. The highest BCUT2D eigenvalue weighted by Gasteiger charge is 2.07. The third kappa shape index (κ3) is 1.84. The zero-order valence-corrected chi connectivity index (χ0v) is 6.57. The smallest absolute Gasteiger partial charge is 0.0842 e. The summed E-state index contributed by atoms with van der Waals surface area (Å²) in [5.74, 6) is -0.281. The molecule has 0 heterocycles. The minimum absolute atomic E-state index is 0.264. The van der Waals surface area contributed by atoms with Crippen LogP contribution in [0.25, 0.3) is 0 Å². The van der Waals surface area contributed by atoms with E-state index in [9.17, 15) is 0 Å². The molecule has 0 spiro atoms. The van der Waals surface area contributed by atoms with E-state index in [1.165, 1.54) is 0 Å². The summed E-state index contributed by atoms with van der Waals surface area (Å²) in [5, 5.41) is 17.1. The highest BCUT2D eigenvalue weighted by Crippen LogP contribution is 2.16. The first kappa shape index (κ1) is 8.30. The molecule has 0 saturated heterocycles. The second kappa shape index (κ2) is 4.16. The van der Waals surface area contributed by atoms with Crippen molar-refractivity contribution in [3.63, 3.8) is 0 Å². The minimum Gasteiger partial charge on any atom is -0.198 e. The van der Waals surface area contributed by atoms with E-state index in [0.29, 0.717) is 0 Å². The van der Waals surface area contributed by atoms with Gasteiger partial charge in [0.15, 0.2) is 0 Å². The van der Waals surface area contributed by atoms with Gasteiger partial charge in [0.2, 0.25) is 0 Å². The first-order valence-electron chi connectivity index (χ1n) is 3.70. The Labute approximate surface area is 71.7 Å². The third-order valence-corrected chi connectivity index (χ3v) is 1.65. The Morgan fingerprint density at radius 3 is 2.33 bits per heavy atom. The lowest BCUT2D eigenvalue weighted by molar-refractivity contribution is 0.887. The molecule has 0 radical (unpaired) electrons. The van der Waals surface area contributed by atoms with Gasteiger partial charge in [0.05, 0.1) is 24.5 Å². The van der Waals surface area contributed by atoms with Gasteiger partial charge in [-0.05, 0) is 5.56 Å². The van der Waals surface area contributed by atoms with Crippen LogP contribution >= 0.6 is 0 Å². The Bertz CT molecular complexity index is 316. The fourth-order valence-electron chi connectivity index (χ4n) is 1.01. The molecule has 1 rings (SSSR count). The fourth-order valence-corrected chi connectivity index (χ4v) is 1.01. The summed E-state index contributed by atoms with van der Waals surface area (Å²) in [4.78, 5) is 0. The maximum absolute atomic E-state index is 8.71. The Hall–Kier alpha value is -1.80. The van der Waals surface area contributed by atoms with Gasteiger partial charge in [0, 0.05) is 0 Å². The van der Waals surface area contributed by atoms with E-state index in [-0.39, 0.29) is 12.3 Å². The quantitative estimate of drug-likeness (QED) is 0.659. The molecule has 0 aliphatic carbocycles. The van der Waals surface area contributed by atoms with Gasteiger partial charge in [-0.15, -0.1) is 0 Å². The molecule has 0 fully saturated rings. The van der Waals surface area contributed by atoms with Gasteiger partial charge in [0.1, 0.15) is 0 Å². The second-order valence-electron chi connectivity index (χ2n) is 2.45. The molecular formula is C10H8N2. The van der Waals surface area contributed by atoms with Crippen molar-refractivity contribution in [1.82, 2.24) is 0 Å². The Kier molecular flexibility index (Phi) is 2.87. The standard InChI is InChI=1S/C10H8N2/c11-7-6-10(8-12)9-4-2-1-3-5-9/h1-5,10H,6H2/t10-/m1/s1. The third-order valence-electron chi connectivity index (χ3n) is 1.65. The molecule has 1 aromatic carbocycles. The molecule has 2 heteroatoms. The Balaban J connectivity index is 2.84. The number of nitrogens with zero attached hydrogens (tertiary/aromatic N) is 2. The van der Waals surface area contributed by atoms with Crippen molar-refractivity contribution in [2.24, 2.45) is 0 Å². The molecule has 0 aliphatic rings. The molecular weight excluding hydrogens is 148 g/mol. The molecule has 0 saturated carbocycles. The molecule has 12 heavy (non-hydrogen) atoms. The molecule has 0 unspecified atom stereocenters. The zero-order chi connectivity index (χ0) is 8.81. The van der Waals surface area contributed by atoms with Crippen molar-refractivity contribution in [3.05, 3.63) is 35.9 Å². The summed E-state index contributed by atoms with van der Waals surface area (Å²) >= 11 is 0. The van der Waals surface area contributed by atoms with Crippen LogP contribution in [0.3, 0.4) is 0 Å². The second-order valence-corrected chi connectivity index (χ2v) is 2.45. The van der Waals surface area contributed by atoms with Crippen LogP contribution in [0.2, 0.25) is 0 Å². The SMILES string of the molecule is N#CC[C@H](C#N)c1ccccc1. The maximum Gasteiger partial charge on any atom is 0.0842 e. The van der Waals surface area contributed by atoms with Crippen LogP contribution in [0.15, 0.2) is 30.3 Å². The number of rotatable bonds is 2. The molecule has 0 N–H and O–H groups in total. The lowest BCUT2D eigenvalue weighted by Crippen LogP contribution is -1.92. The van der Waals surface area contributed by atoms with Crippen molar-refractivity contribution in [1.29, 1.82) is 10.5 Å². The molecule has 1 atom stereocenters. The van der Waals surface area contributed by atoms with Crippen LogP contribution in [-0.2, 0) is 0 Å². The summed E-state index contributed by atoms with van der Waals surface area (Å²) in [6, 6.07) is 13.5. The van der Waals surface area contributed by atoms with E-state index in [4.69, 9.17) is 10.5 Å². The number of hydrogen-bond acceptors (Lipinski definition) is 2. The molecule has 1 aromatic rings. The van der Waals surface area contributed by atoms with E-state index >= 15 is 0 Å². The van der Waals surface area contributed by atoms with Crippen LogP contribution in [-0.4, -0.2) is 0 Å². The Morgan fingerprint density at radius 1 is 1.17 bits per heavy atom. The average Bonchev–Trinajstić information content (AvgIpc) is 2.15. The summed E-state index contributed by atoms with van der Waals surface area (Å²) < 4.78 is 0. The zero-order valence-electron chi connectivity index (χ0n) is 6.57. The van der Waals surface area contributed by atoms with Gasteiger partial charge in [-0.3, -0.25) is 0 Å². The van der Waals surface area contributed by atoms with E-state index in [1.54, 1.807) is 0 Å². The van der Waals surface area contributed by atoms with Crippen LogP contribution < -0.4 is 0 Å². The molecule has 58 valence electrons. The number of benzene rings is 1. The first-order chi connectivity index (χ1) is 5.88. The van der Waals surface area contributed by atoms with Gasteiger partial charge in [-0.25, -0.2) is 0 Å². The molecule has 0 aliphatic heterocycles. The highest BCUT2D eigenvalue weighted by molar-refractivity contribution is 5.25. The van der Waals surface area contributed by atoms with E-state index in [1.807, 2.05) is 36.4 Å². The van der Waals surface area contributed by atoms with Gasteiger partial charge in [0.25, 0.3) is 0 Å². The van der Waals surface area contributed by atoms with Crippen molar-refractivity contribution >= 4 is 0 Å². The van der Waals surface area contributed by atoms with Gasteiger partial charge in [-0.1, -0.05) is 30.3 Å². The molecule has 0 bridgehead atoms. The van der Waals surface area contributed by atoms with E-state index in [2.05, 4.69) is 6.07 Å². The highest BCUT2D eigenvalue weighted by atomic mass is 14.3. The lowest BCUT2D eigenvalue weighted by Gasteiger charge is -2.02. The number of nitriles is 2. The summed E-state index contributed by atoms with van der Waals surface area (Å²) in [5.41, 5.74) is 0.918. The van der Waals surface area contributed by atoms with E-state index < -0.39 is 0 Å². The number of hydrogen-bond donors (Lipinski definition) is 0. The van der Waals surface area contributed by atoms with Crippen LogP contribution in [0.5, 0.6) is 0 Å². The first-order valence-corrected chi connectivity index (χ1v) is 3.70. The monoisotopic (exact) mass is 156 g/mol. The maximum atomic E-state index is 8.71. The van der Waals surface area contributed by atoms with Crippen LogP contribution in [0.1, 0.15) is 17.9 Å². The summed E-state index contributed by atoms with van der Waals surface area (Å²) in [6.07, 6.45) is 0.264. The normalized spacial score (nSPS) is 11.2. The van der Waals surface area contributed by atoms with Gasteiger partial charge >= 0.3 is 0 Å². The molecule has 0 aromatic heterocycles.